The molecule has 0 bridgehead atoms. The van der Waals surface area contributed by atoms with E-state index in [0.717, 1.165) is 0 Å². The van der Waals surface area contributed by atoms with Crippen LogP contribution < -0.4 is 16.2 Å². The Morgan fingerprint density at radius 3 is 2.58 bits per heavy atom. The Kier molecular flexibility index (Phi) is 3.35. The number of hydrogen-bond acceptors (Lipinski definition) is 4. The van der Waals surface area contributed by atoms with Gasteiger partial charge >= 0.3 is 0 Å². The Hall–Kier alpha value is -3.00. The van der Waals surface area contributed by atoms with Gasteiger partial charge in [0.25, 0.3) is 0 Å². The lowest BCUT2D eigenvalue weighted by Gasteiger charge is -2.10. The van der Waals surface area contributed by atoms with Gasteiger partial charge < -0.3 is 16.2 Å². The van der Waals surface area contributed by atoms with Crippen molar-refractivity contribution < 1.29 is 9.53 Å². The molecule has 0 aliphatic carbocycles. The highest BCUT2D eigenvalue weighted by molar-refractivity contribution is 5.93. The fourth-order valence-electron chi connectivity index (χ4n) is 1.54. The molecule has 0 saturated carbocycles. The van der Waals surface area contributed by atoms with Gasteiger partial charge in [-0.15, -0.1) is 0 Å². The van der Waals surface area contributed by atoms with E-state index in [1.165, 1.54) is 18.2 Å². The number of rotatable bonds is 3. The third-order valence-corrected chi connectivity index (χ3v) is 2.53. The van der Waals surface area contributed by atoms with E-state index in [9.17, 15) is 4.79 Å². The van der Waals surface area contributed by atoms with Gasteiger partial charge in [-0.1, -0.05) is 12.1 Å². The molecule has 0 aliphatic heterocycles. The molecule has 0 heterocycles. The molecule has 0 saturated heterocycles. The summed E-state index contributed by atoms with van der Waals surface area (Å²) in [5.74, 6) is 0.0933. The number of nitrogens with two attached hydrogens (primary N) is 2. The van der Waals surface area contributed by atoms with E-state index < -0.39 is 5.91 Å². The predicted molar refractivity (Wildman–Crippen MR) is 70.6 cm³/mol. The molecule has 2 aromatic rings. The second-order valence-corrected chi connectivity index (χ2v) is 3.83. The molecule has 4 N–H and O–H groups in total. The molecule has 1 amide bonds. The van der Waals surface area contributed by atoms with E-state index in [4.69, 9.17) is 21.5 Å². The van der Waals surface area contributed by atoms with Crippen LogP contribution in [-0.2, 0) is 0 Å². The zero-order valence-electron chi connectivity index (χ0n) is 9.96. The Balaban J connectivity index is 2.41. The van der Waals surface area contributed by atoms with Gasteiger partial charge in [0, 0.05) is 5.56 Å². The molecule has 0 radical (unpaired) electrons. The van der Waals surface area contributed by atoms with Crippen molar-refractivity contribution in [3.8, 4) is 17.6 Å². The summed E-state index contributed by atoms with van der Waals surface area (Å²) in [6.07, 6.45) is 0. The normalized spacial score (nSPS) is 9.63. The maximum Gasteiger partial charge on any atom is 0.248 e. The summed E-state index contributed by atoms with van der Waals surface area (Å²) < 4.78 is 5.57. The van der Waals surface area contributed by atoms with Crippen molar-refractivity contribution in [3.63, 3.8) is 0 Å². The highest BCUT2D eigenvalue weighted by Gasteiger charge is 2.09. The second kappa shape index (κ2) is 5.10. The Labute approximate surface area is 110 Å². The largest absolute Gasteiger partial charge is 0.454 e. The van der Waals surface area contributed by atoms with Crippen LogP contribution >= 0.6 is 0 Å². The second-order valence-electron chi connectivity index (χ2n) is 3.83. The van der Waals surface area contributed by atoms with E-state index in [-0.39, 0.29) is 0 Å². The van der Waals surface area contributed by atoms with E-state index in [1.807, 2.05) is 6.07 Å². The molecule has 0 aliphatic rings. The first-order chi connectivity index (χ1) is 9.11. The lowest BCUT2D eigenvalue weighted by Crippen LogP contribution is -2.11. The minimum absolute atomic E-state index is 0.290. The topological polar surface area (TPSA) is 102 Å². The third kappa shape index (κ3) is 2.64. The van der Waals surface area contributed by atoms with Crippen LogP contribution in [0.25, 0.3) is 0 Å². The number of amides is 1. The number of anilines is 1. The average Bonchev–Trinajstić information content (AvgIpc) is 2.41. The van der Waals surface area contributed by atoms with E-state index in [0.29, 0.717) is 28.3 Å². The zero-order chi connectivity index (χ0) is 13.8. The van der Waals surface area contributed by atoms with Crippen LogP contribution in [0.2, 0.25) is 0 Å². The lowest BCUT2D eigenvalue weighted by atomic mass is 10.1. The van der Waals surface area contributed by atoms with Gasteiger partial charge in [-0.05, 0) is 30.3 Å². The summed E-state index contributed by atoms with van der Waals surface area (Å²) in [5, 5.41) is 8.97. The van der Waals surface area contributed by atoms with E-state index >= 15 is 0 Å². The van der Waals surface area contributed by atoms with Crippen molar-refractivity contribution in [1.29, 1.82) is 5.26 Å². The van der Waals surface area contributed by atoms with Crippen molar-refractivity contribution >= 4 is 11.6 Å². The summed E-state index contributed by atoms with van der Waals surface area (Å²) in [6.45, 7) is 0. The fourth-order valence-corrected chi connectivity index (χ4v) is 1.54. The van der Waals surface area contributed by atoms with Crippen LogP contribution in [0, 0.1) is 11.3 Å². The molecule has 2 aromatic carbocycles. The lowest BCUT2D eigenvalue weighted by molar-refractivity contribution is 0.1000. The Morgan fingerprint density at radius 2 is 1.89 bits per heavy atom. The summed E-state index contributed by atoms with van der Waals surface area (Å²) in [7, 11) is 0. The average molecular weight is 253 g/mol. The standard InChI is InChI=1S/C14H11N3O2/c15-8-10-3-1-2-4-12(10)19-13-7-9(14(17)18)5-6-11(13)16/h1-7H,16H2,(H2,17,18). The van der Waals surface area contributed by atoms with Gasteiger partial charge in [0.1, 0.15) is 11.8 Å². The molecule has 94 valence electrons. The zero-order valence-corrected chi connectivity index (χ0v) is 9.96. The first kappa shape index (κ1) is 12.5. The number of nitrogen functional groups attached to an aromatic ring is 1. The number of ether oxygens (including phenoxy) is 1. The fraction of sp³-hybridized carbons (Fsp3) is 0. The molecular weight excluding hydrogens is 242 g/mol. The van der Waals surface area contributed by atoms with Crippen LogP contribution in [-0.4, -0.2) is 5.91 Å². The smallest absolute Gasteiger partial charge is 0.248 e. The highest BCUT2D eigenvalue weighted by atomic mass is 16.5. The number of hydrogen-bond donors (Lipinski definition) is 2. The van der Waals surface area contributed by atoms with E-state index in [2.05, 4.69) is 0 Å². The molecule has 0 spiro atoms. The molecule has 0 unspecified atom stereocenters. The van der Waals surface area contributed by atoms with Crippen LogP contribution in [0.1, 0.15) is 15.9 Å². The summed E-state index contributed by atoms with van der Waals surface area (Å²) >= 11 is 0. The number of carbonyl (C=O) groups is 1. The number of nitrogens with zero attached hydrogens (tertiary/aromatic N) is 1. The molecular formula is C14H11N3O2. The predicted octanol–water partition coefficient (Wildman–Crippen LogP) is 2.03. The maximum atomic E-state index is 11.1. The third-order valence-electron chi connectivity index (χ3n) is 2.53. The number of nitriles is 1. The molecule has 5 heteroatoms. The molecule has 5 nitrogen and oxygen atoms in total. The molecule has 2 rings (SSSR count). The van der Waals surface area contributed by atoms with Crippen LogP contribution in [0.3, 0.4) is 0 Å². The first-order valence-corrected chi connectivity index (χ1v) is 5.48. The van der Waals surface area contributed by atoms with Gasteiger partial charge in [0.15, 0.2) is 5.75 Å². The first-order valence-electron chi connectivity index (χ1n) is 5.48. The van der Waals surface area contributed by atoms with Gasteiger partial charge in [-0.2, -0.15) is 5.26 Å². The van der Waals surface area contributed by atoms with Crippen molar-refractivity contribution in [2.75, 3.05) is 5.73 Å². The van der Waals surface area contributed by atoms with Crippen molar-refractivity contribution in [1.82, 2.24) is 0 Å². The maximum absolute atomic E-state index is 11.1. The molecule has 0 aromatic heterocycles. The number of primary amides is 1. The van der Waals surface area contributed by atoms with Gasteiger partial charge in [0.05, 0.1) is 11.3 Å². The van der Waals surface area contributed by atoms with Gasteiger partial charge in [-0.3, -0.25) is 4.79 Å². The van der Waals surface area contributed by atoms with Crippen LogP contribution in [0.4, 0.5) is 5.69 Å². The Morgan fingerprint density at radius 1 is 1.16 bits per heavy atom. The summed E-state index contributed by atoms with van der Waals surface area (Å²) in [5.41, 5.74) is 12.0. The number of carbonyl (C=O) groups excluding carboxylic acids is 1. The van der Waals surface area contributed by atoms with Gasteiger partial charge in [-0.25, -0.2) is 0 Å². The molecule has 0 fully saturated rings. The van der Waals surface area contributed by atoms with Crippen LogP contribution in [0.15, 0.2) is 42.5 Å². The van der Waals surface area contributed by atoms with E-state index in [1.54, 1.807) is 24.3 Å². The van der Waals surface area contributed by atoms with Gasteiger partial charge in [0.2, 0.25) is 5.91 Å². The minimum Gasteiger partial charge on any atom is -0.454 e. The summed E-state index contributed by atoms with van der Waals surface area (Å²) in [6, 6.07) is 13.3. The number of para-hydroxylation sites is 1. The van der Waals surface area contributed by atoms with Crippen LogP contribution in [0.5, 0.6) is 11.5 Å². The summed E-state index contributed by atoms with van der Waals surface area (Å²) in [4.78, 5) is 11.1. The number of benzene rings is 2. The SMILES string of the molecule is N#Cc1ccccc1Oc1cc(C(N)=O)ccc1N. The quantitative estimate of drug-likeness (QED) is 0.817. The van der Waals surface area contributed by atoms with Crippen molar-refractivity contribution in [3.05, 3.63) is 53.6 Å². The highest BCUT2D eigenvalue weighted by Crippen LogP contribution is 2.30. The van der Waals surface area contributed by atoms with Crippen molar-refractivity contribution in [2.24, 2.45) is 5.73 Å². The molecule has 19 heavy (non-hydrogen) atoms. The monoisotopic (exact) mass is 253 g/mol. The molecule has 0 atom stereocenters. The minimum atomic E-state index is -0.571. The van der Waals surface area contributed by atoms with Crippen molar-refractivity contribution in [2.45, 2.75) is 0 Å². The Bertz CT molecular complexity index is 675.